The van der Waals surface area contributed by atoms with Gasteiger partial charge in [-0.3, -0.25) is 19.0 Å². The second-order valence-electron chi connectivity index (χ2n) is 9.66. The molecule has 10 heteroatoms. The number of carbonyl (C=O) groups excluding carboxylic acids is 2. The number of anilines is 1. The van der Waals surface area contributed by atoms with E-state index in [0.717, 1.165) is 22.1 Å². The summed E-state index contributed by atoms with van der Waals surface area (Å²) < 4.78 is 2.27. The van der Waals surface area contributed by atoms with Crippen molar-refractivity contribution < 1.29 is 9.59 Å². The van der Waals surface area contributed by atoms with Crippen molar-refractivity contribution in [3.05, 3.63) is 139 Å². The summed E-state index contributed by atoms with van der Waals surface area (Å²) in [5, 5.41) is 6.58. The monoisotopic (exact) mass is 600 g/mol. The highest BCUT2D eigenvalue weighted by Crippen LogP contribution is 2.22. The molecular weight excluding hydrogens is 575 g/mol. The van der Waals surface area contributed by atoms with Crippen molar-refractivity contribution in [1.82, 2.24) is 14.5 Å². The molecule has 2 N–H and O–H groups in total. The van der Waals surface area contributed by atoms with Crippen LogP contribution in [-0.2, 0) is 29.0 Å². The van der Waals surface area contributed by atoms with Crippen LogP contribution >= 0.6 is 23.2 Å². The van der Waals surface area contributed by atoms with Crippen LogP contribution in [-0.4, -0.2) is 27.5 Å². The van der Waals surface area contributed by atoms with Crippen LogP contribution in [0.5, 0.6) is 0 Å². The van der Waals surface area contributed by atoms with Gasteiger partial charge in [-0.2, -0.15) is 0 Å². The molecule has 0 radical (unpaired) electrons. The van der Waals surface area contributed by atoms with Gasteiger partial charge in [0.15, 0.2) is 0 Å². The first-order valence-corrected chi connectivity index (χ1v) is 13.9. The fraction of sp³-hybridized carbons (Fsp3) is 0.125. The number of halogens is 2. The Bertz CT molecular complexity index is 1860. The Morgan fingerprint density at radius 1 is 0.738 bits per heavy atom. The molecule has 1 heterocycles. The number of amides is 2. The molecule has 0 spiro atoms. The van der Waals surface area contributed by atoms with E-state index in [1.807, 2.05) is 30.3 Å². The average Bonchev–Trinajstić information content (AvgIpc) is 2.96. The van der Waals surface area contributed by atoms with Crippen LogP contribution < -0.4 is 21.9 Å². The maximum Gasteiger partial charge on any atom is 0.336 e. The first-order chi connectivity index (χ1) is 20.3. The van der Waals surface area contributed by atoms with Gasteiger partial charge in [-0.05, 0) is 60.0 Å². The second-order valence-corrected chi connectivity index (χ2v) is 10.5. The molecule has 212 valence electrons. The smallest absolute Gasteiger partial charge is 0.336 e. The van der Waals surface area contributed by atoms with Gasteiger partial charge in [0, 0.05) is 22.3 Å². The lowest BCUT2D eigenvalue weighted by Gasteiger charge is -2.15. The molecule has 0 bridgehead atoms. The van der Waals surface area contributed by atoms with Crippen molar-refractivity contribution in [3.63, 3.8) is 0 Å². The van der Waals surface area contributed by atoms with E-state index in [0.29, 0.717) is 33.5 Å². The molecule has 0 aliphatic rings. The topological polar surface area (TPSA) is 102 Å². The minimum atomic E-state index is -0.676. The van der Waals surface area contributed by atoms with Gasteiger partial charge in [0.05, 0.1) is 23.0 Å². The number of rotatable bonds is 9. The Hall–Kier alpha value is -4.66. The van der Waals surface area contributed by atoms with Crippen LogP contribution in [0.4, 0.5) is 5.69 Å². The maximum absolute atomic E-state index is 13.6. The first-order valence-electron chi connectivity index (χ1n) is 13.2. The molecule has 1 aromatic heterocycles. The SMILES string of the molecule is O=C(Cc1ccc(-n2c(=O)c3ccccc3n(CC(=O)Nc3cc(Cl)cc(Cl)c3)c2=O)cc1)NCCc1ccccc1. The number of nitrogens with zero attached hydrogens (tertiary/aromatic N) is 2. The highest BCUT2D eigenvalue weighted by molar-refractivity contribution is 6.35. The lowest BCUT2D eigenvalue weighted by atomic mass is 10.1. The van der Waals surface area contributed by atoms with Crippen molar-refractivity contribution in [2.75, 3.05) is 11.9 Å². The van der Waals surface area contributed by atoms with Gasteiger partial charge in [-0.15, -0.1) is 0 Å². The largest absolute Gasteiger partial charge is 0.355 e. The number of nitrogens with one attached hydrogen (secondary N) is 2. The number of aromatic nitrogens is 2. The van der Waals surface area contributed by atoms with Crippen molar-refractivity contribution in [2.24, 2.45) is 0 Å². The van der Waals surface area contributed by atoms with Crippen molar-refractivity contribution in [2.45, 2.75) is 19.4 Å². The Labute approximate surface area is 251 Å². The minimum Gasteiger partial charge on any atom is -0.355 e. The fourth-order valence-corrected chi connectivity index (χ4v) is 5.20. The van der Waals surface area contributed by atoms with E-state index < -0.39 is 17.2 Å². The summed E-state index contributed by atoms with van der Waals surface area (Å²) in [6.45, 7) is 0.163. The molecule has 42 heavy (non-hydrogen) atoms. The van der Waals surface area contributed by atoms with E-state index in [2.05, 4.69) is 10.6 Å². The van der Waals surface area contributed by atoms with Gasteiger partial charge in [0.2, 0.25) is 11.8 Å². The van der Waals surface area contributed by atoms with Crippen LogP contribution in [0.1, 0.15) is 11.1 Å². The van der Waals surface area contributed by atoms with E-state index in [1.165, 1.54) is 22.8 Å². The molecule has 0 fully saturated rings. The lowest BCUT2D eigenvalue weighted by molar-refractivity contribution is -0.120. The summed E-state index contributed by atoms with van der Waals surface area (Å²) in [7, 11) is 0. The highest BCUT2D eigenvalue weighted by atomic mass is 35.5. The molecule has 5 aromatic rings. The molecule has 0 aliphatic carbocycles. The van der Waals surface area contributed by atoms with Crippen molar-refractivity contribution >= 4 is 51.6 Å². The molecule has 2 amide bonds. The normalized spacial score (nSPS) is 10.9. The van der Waals surface area contributed by atoms with E-state index in [1.54, 1.807) is 48.5 Å². The van der Waals surface area contributed by atoms with Gasteiger partial charge in [-0.25, -0.2) is 9.36 Å². The Morgan fingerprint density at radius 3 is 2.12 bits per heavy atom. The van der Waals surface area contributed by atoms with Crippen LogP contribution in [0.25, 0.3) is 16.6 Å². The number of benzene rings is 4. The summed E-state index contributed by atoms with van der Waals surface area (Å²) in [6.07, 6.45) is 0.882. The van der Waals surface area contributed by atoms with Gasteiger partial charge in [0.25, 0.3) is 5.56 Å². The lowest BCUT2D eigenvalue weighted by Crippen LogP contribution is -2.40. The molecule has 0 aliphatic heterocycles. The average molecular weight is 601 g/mol. The van der Waals surface area contributed by atoms with Crippen LogP contribution in [0.2, 0.25) is 10.0 Å². The van der Waals surface area contributed by atoms with Crippen molar-refractivity contribution in [3.8, 4) is 5.69 Å². The number of fused-ring (bicyclic) bond motifs is 1. The van der Waals surface area contributed by atoms with Gasteiger partial charge in [-0.1, -0.05) is 77.8 Å². The molecule has 0 unspecified atom stereocenters. The molecule has 0 saturated heterocycles. The zero-order valence-electron chi connectivity index (χ0n) is 22.3. The third-order valence-corrected chi connectivity index (χ3v) is 7.07. The highest BCUT2D eigenvalue weighted by Gasteiger charge is 2.17. The standard InChI is InChI=1S/C32H26Cl2N4O4/c33-23-17-24(34)19-25(18-23)36-30(40)20-37-28-9-5-4-8-27(28)31(41)38(32(37)42)26-12-10-22(11-13-26)16-29(39)35-15-14-21-6-2-1-3-7-21/h1-13,17-19H,14-16,20H2,(H,35,39)(H,36,40). The third-order valence-electron chi connectivity index (χ3n) is 6.64. The van der Waals surface area contributed by atoms with Crippen LogP contribution in [0, 0.1) is 0 Å². The number of carbonyl (C=O) groups is 2. The number of para-hydroxylation sites is 1. The predicted octanol–water partition coefficient (Wildman–Crippen LogP) is 5.00. The summed E-state index contributed by atoms with van der Waals surface area (Å²) in [4.78, 5) is 52.5. The molecule has 0 atom stereocenters. The van der Waals surface area contributed by atoms with Gasteiger partial charge >= 0.3 is 5.69 Å². The summed E-state index contributed by atoms with van der Waals surface area (Å²) in [5.74, 6) is -0.629. The zero-order chi connectivity index (χ0) is 29.6. The van der Waals surface area contributed by atoms with E-state index >= 15 is 0 Å². The number of hydrogen-bond acceptors (Lipinski definition) is 4. The summed E-state index contributed by atoms with van der Waals surface area (Å²) in [6, 6.07) is 27.7. The molecular formula is C32H26Cl2N4O4. The fourth-order valence-electron chi connectivity index (χ4n) is 4.67. The minimum absolute atomic E-state index is 0.129. The summed E-state index contributed by atoms with van der Waals surface area (Å²) >= 11 is 12.1. The molecule has 4 aromatic carbocycles. The Morgan fingerprint density at radius 2 is 1.40 bits per heavy atom. The summed E-state index contributed by atoms with van der Waals surface area (Å²) in [5.41, 5.74) is 1.70. The Balaban J connectivity index is 1.36. The van der Waals surface area contributed by atoms with E-state index in [9.17, 15) is 19.2 Å². The second kappa shape index (κ2) is 12.9. The van der Waals surface area contributed by atoms with E-state index in [4.69, 9.17) is 23.2 Å². The van der Waals surface area contributed by atoms with Crippen LogP contribution in [0.15, 0.2) is 107 Å². The maximum atomic E-state index is 13.6. The van der Waals surface area contributed by atoms with E-state index in [-0.39, 0.29) is 24.3 Å². The number of hydrogen-bond donors (Lipinski definition) is 2. The van der Waals surface area contributed by atoms with Crippen LogP contribution in [0.3, 0.4) is 0 Å². The van der Waals surface area contributed by atoms with Gasteiger partial charge in [0.1, 0.15) is 6.54 Å². The quantitative estimate of drug-likeness (QED) is 0.248. The van der Waals surface area contributed by atoms with Gasteiger partial charge < -0.3 is 10.6 Å². The zero-order valence-corrected chi connectivity index (χ0v) is 23.9. The molecule has 5 rings (SSSR count). The molecule has 8 nitrogen and oxygen atoms in total. The first kappa shape index (κ1) is 28.9. The predicted molar refractivity (Wildman–Crippen MR) is 166 cm³/mol. The van der Waals surface area contributed by atoms with Crippen molar-refractivity contribution in [1.29, 1.82) is 0 Å². The third kappa shape index (κ3) is 6.79. The Kier molecular flexibility index (Phi) is 8.85. The molecule has 0 saturated carbocycles.